The molecular formula is C7H14N4O6. The van der Waals surface area contributed by atoms with E-state index in [1.54, 1.807) is 0 Å². The molecule has 0 aliphatic carbocycles. The van der Waals surface area contributed by atoms with E-state index >= 15 is 0 Å². The van der Waals surface area contributed by atoms with Crippen molar-refractivity contribution in [3.63, 3.8) is 0 Å². The van der Waals surface area contributed by atoms with Crippen LogP contribution in [0.15, 0.2) is 6.33 Å². The number of nitrogens with one attached hydrogen (secondary N) is 1. The van der Waals surface area contributed by atoms with Gasteiger partial charge in [0.05, 0.1) is 6.61 Å². The molecule has 6 N–H and O–H groups in total. The molecule has 0 fully saturated rings. The van der Waals surface area contributed by atoms with Crippen LogP contribution in [-0.4, -0.2) is 83.5 Å². The van der Waals surface area contributed by atoms with Crippen molar-refractivity contribution in [1.29, 1.82) is 0 Å². The Morgan fingerprint density at radius 3 is 2.18 bits per heavy atom. The number of carbonyl (C=O) groups is 1. The lowest BCUT2D eigenvalue weighted by molar-refractivity contribution is -0.136. The van der Waals surface area contributed by atoms with E-state index in [4.69, 9.17) is 25.5 Å². The third-order valence-corrected chi connectivity index (χ3v) is 1.69. The van der Waals surface area contributed by atoms with Crippen LogP contribution in [0.25, 0.3) is 0 Å². The van der Waals surface area contributed by atoms with Crippen molar-refractivity contribution in [2.45, 2.75) is 24.4 Å². The largest absolute Gasteiger partial charge is 0.394 e. The second kappa shape index (κ2) is 8.66. The minimum Gasteiger partial charge on any atom is -0.394 e. The number of aliphatic hydroxyl groups is 5. The molecule has 0 saturated heterocycles. The van der Waals surface area contributed by atoms with Crippen molar-refractivity contribution in [2.75, 3.05) is 6.61 Å². The molecule has 0 aromatic carbocycles. The van der Waals surface area contributed by atoms with E-state index < -0.39 is 31.0 Å². The van der Waals surface area contributed by atoms with Crippen LogP contribution in [0.2, 0.25) is 0 Å². The van der Waals surface area contributed by atoms with Gasteiger partial charge < -0.3 is 30.3 Å². The summed E-state index contributed by atoms with van der Waals surface area (Å²) in [6.45, 7) is -0.760. The van der Waals surface area contributed by atoms with Crippen molar-refractivity contribution in [3.05, 3.63) is 6.33 Å². The first-order chi connectivity index (χ1) is 8.04. The van der Waals surface area contributed by atoms with E-state index in [1.165, 1.54) is 6.33 Å². The maximum atomic E-state index is 9.90. The molecular weight excluding hydrogens is 236 g/mol. The van der Waals surface area contributed by atoms with E-state index in [2.05, 4.69) is 20.6 Å². The summed E-state index contributed by atoms with van der Waals surface area (Å²) in [7, 11) is 0. The minimum absolute atomic E-state index is 0.0258. The van der Waals surface area contributed by atoms with Crippen LogP contribution in [-0.2, 0) is 4.79 Å². The molecule has 4 atom stereocenters. The zero-order valence-electron chi connectivity index (χ0n) is 8.66. The molecule has 0 aliphatic heterocycles. The van der Waals surface area contributed by atoms with Gasteiger partial charge >= 0.3 is 0 Å². The highest BCUT2D eigenvalue weighted by Gasteiger charge is 2.29. The Labute approximate surface area is 95.5 Å². The summed E-state index contributed by atoms with van der Waals surface area (Å²) in [4.78, 5) is 9.90. The molecule has 1 heterocycles. The zero-order chi connectivity index (χ0) is 13.3. The molecule has 1 rings (SSSR count). The van der Waals surface area contributed by atoms with E-state index in [9.17, 15) is 4.79 Å². The topological polar surface area (TPSA) is 173 Å². The number of aliphatic hydroxyl groups excluding tert-OH is 5. The smallest absolute Gasteiger partial charge is 0.151 e. The predicted molar refractivity (Wildman–Crippen MR) is 51.4 cm³/mol. The molecule has 0 spiro atoms. The van der Waals surface area contributed by atoms with Crippen LogP contribution >= 0.6 is 0 Å². The number of rotatable bonds is 5. The summed E-state index contributed by atoms with van der Waals surface area (Å²) in [6.07, 6.45) is -5.44. The number of aromatic amines is 1. The van der Waals surface area contributed by atoms with E-state index in [0.717, 1.165) is 0 Å². The molecule has 0 amide bonds. The van der Waals surface area contributed by atoms with Crippen LogP contribution in [0.5, 0.6) is 0 Å². The van der Waals surface area contributed by atoms with E-state index in [-0.39, 0.29) is 6.29 Å². The van der Waals surface area contributed by atoms with Crippen LogP contribution in [0, 0.1) is 0 Å². The monoisotopic (exact) mass is 250 g/mol. The first-order valence-electron chi connectivity index (χ1n) is 4.50. The van der Waals surface area contributed by atoms with Crippen molar-refractivity contribution in [2.24, 2.45) is 0 Å². The fourth-order valence-corrected chi connectivity index (χ4v) is 0.747. The predicted octanol–water partition coefficient (Wildman–Crippen LogP) is -4.18. The van der Waals surface area contributed by atoms with Gasteiger partial charge in [0.2, 0.25) is 0 Å². The number of hydrogen-bond acceptors (Lipinski definition) is 9. The van der Waals surface area contributed by atoms with Crippen LogP contribution in [0.4, 0.5) is 0 Å². The molecule has 98 valence electrons. The quantitative estimate of drug-likeness (QED) is 0.283. The first-order valence-corrected chi connectivity index (χ1v) is 4.50. The molecule has 10 heteroatoms. The molecule has 0 aliphatic rings. The third kappa shape index (κ3) is 5.99. The molecule has 0 saturated carbocycles. The molecule has 17 heavy (non-hydrogen) atoms. The summed E-state index contributed by atoms with van der Waals surface area (Å²) in [5.41, 5.74) is 0. The summed E-state index contributed by atoms with van der Waals surface area (Å²) in [6, 6.07) is 0. The fourth-order valence-electron chi connectivity index (χ4n) is 0.747. The number of tetrazole rings is 1. The molecule has 0 radical (unpaired) electrons. The summed E-state index contributed by atoms with van der Waals surface area (Å²) < 4.78 is 0. The Balaban J connectivity index is 0.000000419. The fraction of sp³-hybridized carbons (Fsp3) is 0.714. The van der Waals surface area contributed by atoms with Crippen LogP contribution in [0.1, 0.15) is 0 Å². The summed E-state index contributed by atoms with van der Waals surface area (Å²) >= 11 is 0. The molecule has 0 bridgehead atoms. The molecule has 4 unspecified atom stereocenters. The van der Waals surface area contributed by atoms with Gasteiger partial charge in [0, 0.05) is 0 Å². The zero-order valence-corrected chi connectivity index (χ0v) is 8.66. The first kappa shape index (κ1) is 15.5. The number of carbonyl (C=O) groups excluding carboxylic acids is 1. The number of aldehydes is 1. The van der Waals surface area contributed by atoms with Crippen molar-refractivity contribution in [1.82, 2.24) is 20.6 Å². The Hall–Kier alpha value is -1.46. The van der Waals surface area contributed by atoms with Gasteiger partial charge in [0.15, 0.2) is 6.29 Å². The van der Waals surface area contributed by atoms with Gasteiger partial charge in [0.25, 0.3) is 0 Å². The lowest BCUT2D eigenvalue weighted by Gasteiger charge is -2.22. The van der Waals surface area contributed by atoms with Gasteiger partial charge in [-0.15, -0.1) is 5.10 Å². The Kier molecular flexibility index (Phi) is 7.92. The average Bonchev–Trinajstić information content (AvgIpc) is 2.93. The van der Waals surface area contributed by atoms with Gasteiger partial charge in [-0.05, 0) is 10.4 Å². The van der Waals surface area contributed by atoms with Crippen molar-refractivity contribution < 1.29 is 30.3 Å². The third-order valence-electron chi connectivity index (χ3n) is 1.69. The van der Waals surface area contributed by atoms with Crippen molar-refractivity contribution >= 4 is 6.29 Å². The molecule has 1 aromatic rings. The van der Waals surface area contributed by atoms with Crippen molar-refractivity contribution in [3.8, 4) is 0 Å². The SMILES string of the molecule is O=CC(O)C(O)C(O)C(O)CO.c1nnn[nH]1. The van der Waals surface area contributed by atoms with Gasteiger partial charge in [-0.2, -0.15) is 0 Å². The average molecular weight is 250 g/mol. The van der Waals surface area contributed by atoms with Gasteiger partial charge in [0.1, 0.15) is 30.7 Å². The highest BCUT2D eigenvalue weighted by Crippen LogP contribution is 2.02. The number of hydrogen-bond donors (Lipinski definition) is 6. The van der Waals surface area contributed by atoms with Gasteiger partial charge in [-0.3, -0.25) is 0 Å². The Bertz CT molecular complexity index is 267. The number of aromatic nitrogens is 4. The van der Waals surface area contributed by atoms with Gasteiger partial charge in [-0.1, -0.05) is 0 Å². The number of nitrogens with zero attached hydrogens (tertiary/aromatic N) is 3. The lowest BCUT2D eigenvalue weighted by atomic mass is 10.0. The lowest BCUT2D eigenvalue weighted by Crippen LogP contribution is -2.46. The van der Waals surface area contributed by atoms with E-state index in [1.807, 2.05) is 0 Å². The maximum Gasteiger partial charge on any atom is 0.151 e. The molecule has 1 aromatic heterocycles. The minimum atomic E-state index is -1.79. The standard InChI is InChI=1S/C6H12O6.CH2N4/c7-1-3(9)5(11)6(12)4(10)2-8;1-2-4-5-3-1/h1,3-6,8-12H,2H2;1H,(H,2,3,4,5). The normalized spacial score (nSPS) is 17.2. The van der Waals surface area contributed by atoms with Crippen LogP contribution in [0.3, 0.4) is 0 Å². The second-order valence-electron chi connectivity index (χ2n) is 2.92. The summed E-state index contributed by atoms with van der Waals surface area (Å²) in [5.74, 6) is 0. The van der Waals surface area contributed by atoms with E-state index in [0.29, 0.717) is 0 Å². The highest BCUT2D eigenvalue weighted by atomic mass is 16.4. The molecule has 10 nitrogen and oxygen atoms in total. The highest BCUT2D eigenvalue weighted by molar-refractivity contribution is 5.56. The number of H-pyrrole nitrogens is 1. The second-order valence-corrected chi connectivity index (χ2v) is 2.92. The maximum absolute atomic E-state index is 9.90. The summed E-state index contributed by atoms with van der Waals surface area (Å²) in [5, 5.41) is 55.6. The Morgan fingerprint density at radius 1 is 1.24 bits per heavy atom. The Morgan fingerprint density at radius 2 is 1.88 bits per heavy atom. The van der Waals surface area contributed by atoms with Gasteiger partial charge in [-0.25, -0.2) is 5.10 Å². The van der Waals surface area contributed by atoms with Crippen LogP contribution < -0.4 is 0 Å².